The fourth-order valence-electron chi connectivity index (χ4n) is 2.37. The number of benzene rings is 1. The normalized spacial score (nSPS) is 22.9. The standard InChI is InChI=1S/C13H19FN2.ClH/c1-10(11-4-2-5-12(14)8-11)16-7-3-6-13(15)9-16;/h2,4-5,8,10,13H,3,6-7,9,15H2,1H3;1H. The Bertz CT molecular complexity index is 359. The van der Waals surface area contributed by atoms with Gasteiger partial charge in [0.05, 0.1) is 0 Å². The molecule has 1 saturated heterocycles. The summed E-state index contributed by atoms with van der Waals surface area (Å²) in [6.45, 7) is 4.09. The van der Waals surface area contributed by atoms with E-state index < -0.39 is 0 Å². The van der Waals surface area contributed by atoms with Gasteiger partial charge in [0.25, 0.3) is 0 Å². The molecule has 2 unspecified atom stereocenters. The maximum absolute atomic E-state index is 13.1. The molecular weight excluding hydrogens is 239 g/mol. The van der Waals surface area contributed by atoms with Gasteiger partial charge in [0.15, 0.2) is 0 Å². The lowest BCUT2D eigenvalue weighted by atomic mass is 10.0. The summed E-state index contributed by atoms with van der Waals surface area (Å²) in [5.41, 5.74) is 6.99. The van der Waals surface area contributed by atoms with Gasteiger partial charge < -0.3 is 5.73 Å². The lowest BCUT2D eigenvalue weighted by molar-refractivity contribution is 0.159. The van der Waals surface area contributed by atoms with Crippen molar-refractivity contribution >= 4 is 12.4 Å². The predicted molar refractivity (Wildman–Crippen MR) is 70.8 cm³/mol. The van der Waals surface area contributed by atoms with Crippen molar-refractivity contribution in [3.05, 3.63) is 35.6 Å². The second-order valence-corrected chi connectivity index (χ2v) is 4.63. The van der Waals surface area contributed by atoms with Crippen molar-refractivity contribution in [2.24, 2.45) is 5.73 Å². The van der Waals surface area contributed by atoms with Crippen LogP contribution in [0.2, 0.25) is 0 Å². The maximum atomic E-state index is 13.1. The highest BCUT2D eigenvalue weighted by molar-refractivity contribution is 5.85. The molecule has 1 aromatic carbocycles. The van der Waals surface area contributed by atoms with Crippen LogP contribution in [0.4, 0.5) is 4.39 Å². The van der Waals surface area contributed by atoms with Gasteiger partial charge in [0.2, 0.25) is 0 Å². The Kier molecular flexibility index (Phi) is 5.37. The third-order valence-corrected chi connectivity index (χ3v) is 3.37. The van der Waals surface area contributed by atoms with E-state index in [9.17, 15) is 4.39 Å². The Labute approximate surface area is 108 Å². The Morgan fingerprint density at radius 1 is 1.47 bits per heavy atom. The monoisotopic (exact) mass is 258 g/mol. The first kappa shape index (κ1) is 14.4. The van der Waals surface area contributed by atoms with E-state index in [0.717, 1.165) is 31.5 Å². The van der Waals surface area contributed by atoms with Crippen LogP contribution >= 0.6 is 12.4 Å². The lowest BCUT2D eigenvalue weighted by Gasteiger charge is -2.35. The van der Waals surface area contributed by atoms with Gasteiger partial charge in [-0.3, -0.25) is 4.90 Å². The van der Waals surface area contributed by atoms with Crippen LogP contribution in [-0.4, -0.2) is 24.0 Å². The molecule has 0 aliphatic carbocycles. The van der Waals surface area contributed by atoms with Crippen LogP contribution in [0.5, 0.6) is 0 Å². The van der Waals surface area contributed by atoms with Gasteiger partial charge in [0.1, 0.15) is 5.82 Å². The van der Waals surface area contributed by atoms with Crippen molar-refractivity contribution in [1.82, 2.24) is 4.90 Å². The fourth-order valence-corrected chi connectivity index (χ4v) is 2.37. The van der Waals surface area contributed by atoms with Gasteiger partial charge in [-0.05, 0) is 44.0 Å². The third-order valence-electron chi connectivity index (χ3n) is 3.37. The minimum atomic E-state index is -0.161. The van der Waals surface area contributed by atoms with E-state index in [1.54, 1.807) is 12.1 Å². The van der Waals surface area contributed by atoms with Gasteiger partial charge in [-0.15, -0.1) is 12.4 Å². The fraction of sp³-hybridized carbons (Fsp3) is 0.538. The second kappa shape index (κ2) is 6.34. The molecule has 0 saturated carbocycles. The summed E-state index contributed by atoms with van der Waals surface area (Å²) in [5.74, 6) is -0.161. The molecular formula is C13H20ClFN2. The highest BCUT2D eigenvalue weighted by Crippen LogP contribution is 2.23. The quantitative estimate of drug-likeness (QED) is 0.884. The van der Waals surface area contributed by atoms with Crippen molar-refractivity contribution in [2.75, 3.05) is 13.1 Å². The molecule has 96 valence electrons. The average Bonchev–Trinajstić information content (AvgIpc) is 2.28. The Morgan fingerprint density at radius 2 is 2.24 bits per heavy atom. The lowest BCUT2D eigenvalue weighted by Crippen LogP contribution is -2.43. The molecule has 2 nitrogen and oxygen atoms in total. The number of piperidine rings is 1. The van der Waals surface area contributed by atoms with Crippen molar-refractivity contribution < 1.29 is 4.39 Å². The minimum Gasteiger partial charge on any atom is -0.327 e. The van der Waals surface area contributed by atoms with Gasteiger partial charge in [-0.1, -0.05) is 12.1 Å². The van der Waals surface area contributed by atoms with Crippen LogP contribution in [0.15, 0.2) is 24.3 Å². The van der Waals surface area contributed by atoms with Crippen molar-refractivity contribution in [3.63, 3.8) is 0 Å². The highest BCUT2D eigenvalue weighted by Gasteiger charge is 2.22. The summed E-state index contributed by atoms with van der Waals surface area (Å²) in [6, 6.07) is 7.37. The van der Waals surface area contributed by atoms with Gasteiger partial charge >= 0.3 is 0 Å². The first-order valence-electron chi connectivity index (χ1n) is 5.92. The third kappa shape index (κ3) is 3.66. The number of hydrogen-bond donors (Lipinski definition) is 1. The first-order chi connectivity index (χ1) is 7.66. The SMILES string of the molecule is CC(c1cccc(F)c1)N1CCCC(N)C1.Cl. The molecule has 17 heavy (non-hydrogen) atoms. The van der Waals surface area contributed by atoms with E-state index in [1.807, 2.05) is 6.07 Å². The van der Waals surface area contributed by atoms with Crippen molar-refractivity contribution in [2.45, 2.75) is 31.8 Å². The molecule has 2 atom stereocenters. The van der Waals surface area contributed by atoms with E-state index >= 15 is 0 Å². The van der Waals surface area contributed by atoms with Gasteiger partial charge in [-0.25, -0.2) is 4.39 Å². The zero-order valence-electron chi connectivity index (χ0n) is 10.1. The van der Waals surface area contributed by atoms with Crippen LogP contribution in [0.25, 0.3) is 0 Å². The number of hydrogen-bond acceptors (Lipinski definition) is 2. The van der Waals surface area contributed by atoms with E-state index in [0.29, 0.717) is 0 Å². The summed E-state index contributed by atoms with van der Waals surface area (Å²) in [7, 11) is 0. The minimum absolute atomic E-state index is 0. The molecule has 0 radical (unpaired) electrons. The topological polar surface area (TPSA) is 29.3 Å². The molecule has 0 aromatic heterocycles. The van der Waals surface area contributed by atoms with Crippen LogP contribution in [-0.2, 0) is 0 Å². The summed E-state index contributed by atoms with van der Waals surface area (Å²) in [5, 5.41) is 0. The number of nitrogens with zero attached hydrogens (tertiary/aromatic N) is 1. The number of nitrogens with two attached hydrogens (primary N) is 1. The second-order valence-electron chi connectivity index (χ2n) is 4.63. The highest BCUT2D eigenvalue weighted by atomic mass is 35.5. The van der Waals surface area contributed by atoms with Crippen LogP contribution in [0.3, 0.4) is 0 Å². The largest absolute Gasteiger partial charge is 0.327 e. The zero-order chi connectivity index (χ0) is 11.5. The number of likely N-dealkylation sites (tertiary alicyclic amines) is 1. The summed E-state index contributed by atoms with van der Waals surface area (Å²) < 4.78 is 13.1. The molecule has 1 aromatic rings. The van der Waals surface area contributed by atoms with Gasteiger partial charge in [-0.2, -0.15) is 0 Å². The smallest absolute Gasteiger partial charge is 0.123 e. The zero-order valence-corrected chi connectivity index (χ0v) is 10.9. The van der Waals surface area contributed by atoms with Gasteiger partial charge in [0, 0.05) is 18.6 Å². The summed E-state index contributed by atoms with van der Waals surface area (Å²) in [6.07, 6.45) is 2.24. The molecule has 2 rings (SSSR count). The number of rotatable bonds is 2. The molecule has 1 fully saturated rings. The van der Waals surface area contributed by atoms with Crippen molar-refractivity contribution in [3.8, 4) is 0 Å². The molecule has 1 aliphatic heterocycles. The van der Waals surface area contributed by atoms with Crippen molar-refractivity contribution in [1.29, 1.82) is 0 Å². The number of halogens is 2. The maximum Gasteiger partial charge on any atom is 0.123 e. The Hall–Kier alpha value is -0.640. The predicted octanol–water partition coefficient (Wildman–Crippen LogP) is 2.73. The molecule has 1 aliphatic rings. The summed E-state index contributed by atoms with van der Waals surface area (Å²) >= 11 is 0. The summed E-state index contributed by atoms with van der Waals surface area (Å²) in [4.78, 5) is 2.34. The molecule has 2 N–H and O–H groups in total. The first-order valence-corrected chi connectivity index (χ1v) is 5.92. The average molecular weight is 259 g/mol. The van der Waals surface area contributed by atoms with E-state index in [4.69, 9.17) is 5.73 Å². The molecule has 0 bridgehead atoms. The Morgan fingerprint density at radius 3 is 2.88 bits per heavy atom. The van der Waals surface area contributed by atoms with E-state index in [2.05, 4.69) is 11.8 Å². The van der Waals surface area contributed by atoms with Crippen LogP contribution < -0.4 is 5.73 Å². The van der Waals surface area contributed by atoms with E-state index in [-0.39, 0.29) is 30.3 Å². The van der Waals surface area contributed by atoms with E-state index in [1.165, 1.54) is 6.07 Å². The molecule has 1 heterocycles. The molecule has 0 spiro atoms. The molecule has 4 heteroatoms. The Balaban J connectivity index is 0.00000144. The van der Waals surface area contributed by atoms with Crippen LogP contribution in [0.1, 0.15) is 31.4 Å². The molecule has 0 amide bonds. The van der Waals surface area contributed by atoms with Crippen LogP contribution in [0, 0.1) is 5.82 Å².